The second kappa shape index (κ2) is 3.82. The molecule has 0 aromatic rings. The number of nitrogens with two attached hydrogens (primary N) is 1. The van der Waals surface area contributed by atoms with Crippen molar-refractivity contribution in [3.8, 4) is 0 Å². The van der Waals surface area contributed by atoms with Gasteiger partial charge in [-0.2, -0.15) is 0 Å². The van der Waals surface area contributed by atoms with Crippen molar-refractivity contribution in [3.63, 3.8) is 0 Å². The summed E-state index contributed by atoms with van der Waals surface area (Å²) in [5.74, 6) is 1.22. The first kappa shape index (κ1) is 12.0. The highest BCUT2D eigenvalue weighted by Gasteiger charge is 2.53. The van der Waals surface area contributed by atoms with Crippen molar-refractivity contribution < 1.29 is 4.74 Å². The first-order chi connectivity index (χ1) is 6.35. The molecule has 1 aliphatic heterocycles. The molecule has 0 aromatic heterocycles. The molecule has 0 aliphatic carbocycles. The summed E-state index contributed by atoms with van der Waals surface area (Å²) >= 11 is 0. The van der Waals surface area contributed by atoms with Crippen LogP contribution in [0.3, 0.4) is 0 Å². The second-order valence-corrected chi connectivity index (χ2v) is 5.99. The van der Waals surface area contributed by atoms with Gasteiger partial charge >= 0.3 is 0 Å². The highest BCUT2D eigenvalue weighted by Crippen LogP contribution is 2.52. The Kier molecular flexibility index (Phi) is 3.27. The largest absolute Gasteiger partial charge is 0.380 e. The molecule has 1 atom stereocenters. The van der Waals surface area contributed by atoms with Gasteiger partial charge in [-0.1, -0.05) is 34.6 Å². The van der Waals surface area contributed by atoms with Crippen LogP contribution in [-0.4, -0.2) is 19.8 Å². The smallest absolute Gasteiger partial charge is 0.0553 e. The quantitative estimate of drug-likeness (QED) is 0.757. The molecular formula is C12H25NO. The van der Waals surface area contributed by atoms with Gasteiger partial charge in [0, 0.05) is 5.41 Å². The SMILES string of the molecule is CC(C)C(CN)C1(C(C)(C)C)COC1. The zero-order valence-electron chi connectivity index (χ0n) is 10.3. The van der Waals surface area contributed by atoms with Crippen LogP contribution in [0.1, 0.15) is 34.6 Å². The van der Waals surface area contributed by atoms with E-state index in [1.807, 2.05) is 0 Å². The van der Waals surface area contributed by atoms with E-state index in [4.69, 9.17) is 10.5 Å². The molecule has 0 saturated carbocycles. The zero-order valence-corrected chi connectivity index (χ0v) is 10.3. The monoisotopic (exact) mass is 199 g/mol. The van der Waals surface area contributed by atoms with Crippen molar-refractivity contribution in [2.75, 3.05) is 19.8 Å². The van der Waals surface area contributed by atoms with E-state index < -0.39 is 0 Å². The molecule has 1 rings (SSSR count). The number of rotatable bonds is 3. The summed E-state index contributed by atoms with van der Waals surface area (Å²) in [5, 5.41) is 0. The minimum Gasteiger partial charge on any atom is -0.380 e. The number of hydrogen-bond acceptors (Lipinski definition) is 2. The lowest BCUT2D eigenvalue weighted by Gasteiger charge is -2.56. The summed E-state index contributed by atoms with van der Waals surface area (Å²) in [5.41, 5.74) is 6.50. The Balaban J connectivity index is 2.88. The molecule has 2 N–H and O–H groups in total. The van der Waals surface area contributed by atoms with Gasteiger partial charge in [-0.3, -0.25) is 0 Å². The Labute approximate surface area is 88.2 Å². The van der Waals surface area contributed by atoms with E-state index in [1.165, 1.54) is 0 Å². The molecule has 1 aliphatic rings. The summed E-state index contributed by atoms with van der Waals surface area (Å²) in [6, 6.07) is 0. The summed E-state index contributed by atoms with van der Waals surface area (Å²) in [7, 11) is 0. The molecule has 1 saturated heterocycles. The molecule has 0 amide bonds. The van der Waals surface area contributed by atoms with Gasteiger partial charge in [0.2, 0.25) is 0 Å². The van der Waals surface area contributed by atoms with Crippen molar-refractivity contribution in [1.82, 2.24) is 0 Å². The molecule has 0 bridgehead atoms. The van der Waals surface area contributed by atoms with Crippen molar-refractivity contribution >= 4 is 0 Å². The summed E-state index contributed by atoms with van der Waals surface area (Å²) < 4.78 is 5.44. The van der Waals surface area contributed by atoms with Gasteiger partial charge in [0.1, 0.15) is 0 Å². The van der Waals surface area contributed by atoms with Crippen LogP contribution in [0.15, 0.2) is 0 Å². The topological polar surface area (TPSA) is 35.2 Å². The van der Waals surface area contributed by atoms with Gasteiger partial charge in [0.05, 0.1) is 13.2 Å². The van der Waals surface area contributed by atoms with Crippen LogP contribution in [0.25, 0.3) is 0 Å². The van der Waals surface area contributed by atoms with Crippen LogP contribution in [0, 0.1) is 22.7 Å². The van der Waals surface area contributed by atoms with Gasteiger partial charge in [-0.15, -0.1) is 0 Å². The van der Waals surface area contributed by atoms with E-state index >= 15 is 0 Å². The summed E-state index contributed by atoms with van der Waals surface area (Å²) in [4.78, 5) is 0. The molecule has 0 aromatic carbocycles. The van der Waals surface area contributed by atoms with Crippen molar-refractivity contribution in [2.24, 2.45) is 28.4 Å². The summed E-state index contributed by atoms with van der Waals surface area (Å²) in [6.07, 6.45) is 0. The van der Waals surface area contributed by atoms with Gasteiger partial charge in [-0.25, -0.2) is 0 Å². The highest BCUT2D eigenvalue weighted by atomic mass is 16.5. The lowest BCUT2D eigenvalue weighted by Crippen LogP contribution is -2.59. The normalized spacial score (nSPS) is 23.4. The Hall–Kier alpha value is -0.0800. The molecule has 1 fully saturated rings. The Morgan fingerprint density at radius 3 is 1.86 bits per heavy atom. The van der Waals surface area contributed by atoms with E-state index in [-0.39, 0.29) is 0 Å². The predicted molar refractivity (Wildman–Crippen MR) is 60.1 cm³/mol. The van der Waals surface area contributed by atoms with E-state index in [0.717, 1.165) is 19.8 Å². The average molecular weight is 199 g/mol. The third-order valence-electron chi connectivity index (χ3n) is 3.98. The Morgan fingerprint density at radius 2 is 1.79 bits per heavy atom. The fourth-order valence-electron chi connectivity index (χ4n) is 2.66. The molecular weight excluding hydrogens is 174 g/mol. The third-order valence-corrected chi connectivity index (χ3v) is 3.98. The Bertz CT molecular complexity index is 189. The average Bonchev–Trinajstić information content (AvgIpc) is 1.92. The lowest BCUT2D eigenvalue weighted by atomic mass is 9.56. The molecule has 84 valence electrons. The molecule has 2 nitrogen and oxygen atoms in total. The minimum absolute atomic E-state index is 0.291. The fourth-order valence-corrected chi connectivity index (χ4v) is 2.66. The van der Waals surface area contributed by atoms with Gasteiger partial charge in [-0.05, 0) is 23.8 Å². The molecule has 1 heterocycles. The van der Waals surface area contributed by atoms with E-state index in [1.54, 1.807) is 0 Å². The molecule has 1 unspecified atom stereocenters. The van der Waals surface area contributed by atoms with Crippen molar-refractivity contribution in [3.05, 3.63) is 0 Å². The fraction of sp³-hybridized carbons (Fsp3) is 1.00. The molecule has 14 heavy (non-hydrogen) atoms. The summed E-state index contributed by atoms with van der Waals surface area (Å²) in [6.45, 7) is 14.0. The van der Waals surface area contributed by atoms with Crippen LogP contribution < -0.4 is 5.73 Å². The molecule has 0 spiro atoms. The maximum atomic E-state index is 5.91. The van der Waals surface area contributed by atoms with Crippen LogP contribution in [-0.2, 0) is 4.74 Å². The first-order valence-corrected chi connectivity index (χ1v) is 5.63. The zero-order chi connectivity index (χ0) is 11.0. The number of hydrogen-bond donors (Lipinski definition) is 1. The maximum absolute atomic E-state index is 5.91. The van der Waals surface area contributed by atoms with Crippen LogP contribution in [0.5, 0.6) is 0 Å². The number of ether oxygens (including phenoxy) is 1. The van der Waals surface area contributed by atoms with Crippen LogP contribution in [0.2, 0.25) is 0 Å². The van der Waals surface area contributed by atoms with Gasteiger partial charge < -0.3 is 10.5 Å². The molecule has 2 heteroatoms. The second-order valence-electron chi connectivity index (χ2n) is 5.99. The van der Waals surface area contributed by atoms with Gasteiger partial charge in [0.15, 0.2) is 0 Å². The third kappa shape index (κ3) is 1.70. The molecule has 0 radical (unpaired) electrons. The maximum Gasteiger partial charge on any atom is 0.0553 e. The predicted octanol–water partition coefficient (Wildman–Crippen LogP) is 2.28. The van der Waals surface area contributed by atoms with E-state index in [2.05, 4.69) is 34.6 Å². The minimum atomic E-state index is 0.291. The van der Waals surface area contributed by atoms with Crippen LogP contribution in [0.4, 0.5) is 0 Å². The van der Waals surface area contributed by atoms with Crippen molar-refractivity contribution in [2.45, 2.75) is 34.6 Å². The lowest BCUT2D eigenvalue weighted by molar-refractivity contribution is -0.208. The first-order valence-electron chi connectivity index (χ1n) is 5.63. The van der Waals surface area contributed by atoms with Gasteiger partial charge in [0.25, 0.3) is 0 Å². The van der Waals surface area contributed by atoms with E-state index in [9.17, 15) is 0 Å². The van der Waals surface area contributed by atoms with Crippen LogP contribution >= 0.6 is 0 Å². The standard InChI is InChI=1S/C12H25NO/c1-9(2)10(6-13)12(7-14-8-12)11(3,4)5/h9-10H,6-8,13H2,1-5H3. The van der Waals surface area contributed by atoms with E-state index in [0.29, 0.717) is 22.7 Å². The highest BCUT2D eigenvalue weighted by molar-refractivity contribution is 5.01. The van der Waals surface area contributed by atoms with Crippen molar-refractivity contribution in [1.29, 1.82) is 0 Å². The Morgan fingerprint density at radius 1 is 1.29 bits per heavy atom.